The maximum Gasteiger partial charge on any atom is 0.407 e. The van der Waals surface area contributed by atoms with Crippen LogP contribution in [0.25, 0.3) is 12.7 Å². The molecule has 0 aliphatic heterocycles. The number of allylic oxidation sites excluding steroid dienone is 2. The zero-order chi connectivity index (χ0) is 15.9. The van der Waals surface area contributed by atoms with E-state index in [9.17, 15) is 4.79 Å². The van der Waals surface area contributed by atoms with Crippen LogP contribution < -0.4 is 15.9 Å². The number of ether oxygens (including phenoxy) is 1. The van der Waals surface area contributed by atoms with Gasteiger partial charge in [0.05, 0.1) is 0 Å². The summed E-state index contributed by atoms with van der Waals surface area (Å²) in [5, 5.41) is 4.87. The first kappa shape index (κ1) is 17.1. The van der Waals surface area contributed by atoms with Crippen molar-refractivity contribution in [1.29, 1.82) is 0 Å². The van der Waals surface area contributed by atoms with E-state index in [4.69, 9.17) is 4.74 Å². The molecule has 0 saturated heterocycles. The predicted octanol–water partition coefficient (Wildman–Crippen LogP) is 2.17. The lowest BCUT2D eigenvalue weighted by molar-refractivity contribution is 0.0526. The van der Waals surface area contributed by atoms with E-state index in [1.165, 1.54) is 0 Å². The third-order valence-corrected chi connectivity index (χ3v) is 2.78. The van der Waals surface area contributed by atoms with Gasteiger partial charge in [-0.1, -0.05) is 18.7 Å². The lowest BCUT2D eigenvalue weighted by Crippen LogP contribution is -2.34. The summed E-state index contributed by atoms with van der Waals surface area (Å²) in [6.45, 7) is 13.0. The average Bonchev–Trinajstić information content (AvgIpc) is 2.71. The van der Waals surface area contributed by atoms with Crippen molar-refractivity contribution in [3.8, 4) is 0 Å². The smallest absolute Gasteiger partial charge is 0.407 e. The van der Waals surface area contributed by atoms with Crippen molar-refractivity contribution in [2.24, 2.45) is 0 Å². The van der Waals surface area contributed by atoms with Gasteiger partial charge < -0.3 is 14.6 Å². The number of nitrogens with one attached hydrogen (secondary N) is 1. The quantitative estimate of drug-likeness (QED) is 0.845. The highest BCUT2D eigenvalue weighted by Crippen LogP contribution is 2.06. The van der Waals surface area contributed by atoms with Crippen molar-refractivity contribution < 1.29 is 9.53 Å². The Kier molecular flexibility index (Phi) is 6.28. The summed E-state index contributed by atoms with van der Waals surface area (Å²) in [4.78, 5) is 11.5. The van der Waals surface area contributed by atoms with Gasteiger partial charge in [-0.3, -0.25) is 0 Å². The SMILES string of the molecule is C=c1ccn(CCCNC(=O)OC(C)(C)C)/c1=C/C=C\C. The van der Waals surface area contributed by atoms with E-state index >= 15 is 0 Å². The summed E-state index contributed by atoms with van der Waals surface area (Å²) in [6, 6.07) is 2.00. The molecule has 0 saturated carbocycles. The molecule has 0 aliphatic carbocycles. The molecular formula is C17H26N2O2. The normalized spacial score (nSPS) is 12.9. The van der Waals surface area contributed by atoms with Crippen LogP contribution in [0.2, 0.25) is 0 Å². The van der Waals surface area contributed by atoms with Crippen molar-refractivity contribution >= 4 is 18.7 Å². The predicted molar refractivity (Wildman–Crippen MR) is 87.3 cm³/mol. The number of aryl methyl sites for hydroxylation is 1. The lowest BCUT2D eigenvalue weighted by Gasteiger charge is -2.19. The molecule has 0 radical (unpaired) electrons. The van der Waals surface area contributed by atoms with E-state index in [1.807, 2.05) is 58.2 Å². The Labute approximate surface area is 126 Å². The highest BCUT2D eigenvalue weighted by Gasteiger charge is 2.15. The summed E-state index contributed by atoms with van der Waals surface area (Å²) in [7, 11) is 0. The molecule has 0 aliphatic rings. The molecule has 4 heteroatoms. The van der Waals surface area contributed by atoms with Gasteiger partial charge in [0.25, 0.3) is 0 Å². The first-order valence-electron chi connectivity index (χ1n) is 7.27. The molecule has 1 aromatic heterocycles. The number of carbonyl (C=O) groups excluding carboxylic acids is 1. The minimum atomic E-state index is -0.456. The molecule has 1 heterocycles. The molecule has 0 atom stereocenters. The lowest BCUT2D eigenvalue weighted by atomic mass is 10.2. The highest BCUT2D eigenvalue weighted by atomic mass is 16.6. The molecule has 0 fully saturated rings. The van der Waals surface area contributed by atoms with Gasteiger partial charge in [-0.25, -0.2) is 4.79 Å². The van der Waals surface area contributed by atoms with E-state index in [-0.39, 0.29) is 6.09 Å². The van der Waals surface area contributed by atoms with Crippen molar-refractivity contribution in [2.45, 2.75) is 46.3 Å². The fourth-order valence-corrected chi connectivity index (χ4v) is 1.87. The molecule has 4 nitrogen and oxygen atoms in total. The number of aromatic nitrogens is 1. The molecule has 0 bridgehead atoms. The average molecular weight is 290 g/mol. The van der Waals surface area contributed by atoms with Crippen LogP contribution in [0.1, 0.15) is 34.1 Å². The van der Waals surface area contributed by atoms with Crippen LogP contribution in [0.3, 0.4) is 0 Å². The zero-order valence-electron chi connectivity index (χ0n) is 13.5. The topological polar surface area (TPSA) is 43.3 Å². The second kappa shape index (κ2) is 7.72. The Morgan fingerprint density at radius 2 is 2.19 bits per heavy atom. The van der Waals surface area contributed by atoms with Gasteiger partial charge in [0.1, 0.15) is 5.60 Å². The van der Waals surface area contributed by atoms with Crippen LogP contribution in [-0.4, -0.2) is 22.8 Å². The van der Waals surface area contributed by atoms with Gasteiger partial charge in [0.2, 0.25) is 0 Å². The van der Waals surface area contributed by atoms with E-state index in [0.717, 1.165) is 23.5 Å². The van der Waals surface area contributed by atoms with E-state index in [1.54, 1.807) is 0 Å². The molecule has 1 N–H and O–H groups in total. The van der Waals surface area contributed by atoms with Crippen LogP contribution in [-0.2, 0) is 11.3 Å². The Bertz CT molecular complexity index is 591. The molecule has 1 amide bonds. The summed E-state index contributed by atoms with van der Waals surface area (Å²) in [5.41, 5.74) is -0.456. The Balaban J connectivity index is 2.47. The Morgan fingerprint density at radius 3 is 2.81 bits per heavy atom. The molecule has 1 rings (SSSR count). The largest absolute Gasteiger partial charge is 0.444 e. The Hall–Kier alpha value is -1.97. The molecule has 0 unspecified atom stereocenters. The van der Waals surface area contributed by atoms with Crippen LogP contribution in [0.15, 0.2) is 24.4 Å². The van der Waals surface area contributed by atoms with E-state index < -0.39 is 5.60 Å². The third-order valence-electron chi connectivity index (χ3n) is 2.78. The maximum absolute atomic E-state index is 11.5. The van der Waals surface area contributed by atoms with Crippen molar-refractivity contribution in [3.63, 3.8) is 0 Å². The van der Waals surface area contributed by atoms with Crippen molar-refractivity contribution in [2.75, 3.05) is 6.54 Å². The molecule has 116 valence electrons. The van der Waals surface area contributed by atoms with Crippen molar-refractivity contribution in [3.05, 3.63) is 35.0 Å². The van der Waals surface area contributed by atoms with Gasteiger partial charge in [-0.15, -0.1) is 0 Å². The number of amides is 1. The highest BCUT2D eigenvalue weighted by molar-refractivity contribution is 5.67. The summed E-state index contributed by atoms with van der Waals surface area (Å²) in [5.74, 6) is 0. The first-order valence-corrected chi connectivity index (χ1v) is 7.27. The van der Waals surface area contributed by atoms with Crippen LogP contribution in [0.4, 0.5) is 4.79 Å². The number of alkyl carbamates (subject to hydrolysis) is 1. The second-order valence-electron chi connectivity index (χ2n) is 5.89. The Morgan fingerprint density at radius 1 is 1.48 bits per heavy atom. The van der Waals surface area contributed by atoms with Crippen LogP contribution in [0.5, 0.6) is 0 Å². The van der Waals surface area contributed by atoms with Gasteiger partial charge in [0.15, 0.2) is 0 Å². The molecule has 0 aromatic carbocycles. The van der Waals surface area contributed by atoms with E-state index in [0.29, 0.717) is 6.54 Å². The van der Waals surface area contributed by atoms with Gasteiger partial charge in [-0.2, -0.15) is 0 Å². The fourth-order valence-electron chi connectivity index (χ4n) is 1.87. The summed E-state index contributed by atoms with van der Waals surface area (Å²) < 4.78 is 7.33. The summed E-state index contributed by atoms with van der Waals surface area (Å²) >= 11 is 0. The van der Waals surface area contributed by atoms with Gasteiger partial charge in [0, 0.05) is 24.6 Å². The number of rotatable bonds is 5. The molecule has 0 spiro atoms. The minimum Gasteiger partial charge on any atom is -0.444 e. The van der Waals surface area contributed by atoms with Gasteiger partial charge >= 0.3 is 6.09 Å². The number of hydrogen-bond donors (Lipinski definition) is 1. The monoisotopic (exact) mass is 290 g/mol. The molecule has 1 aromatic rings. The zero-order valence-corrected chi connectivity index (χ0v) is 13.5. The number of hydrogen-bond acceptors (Lipinski definition) is 2. The van der Waals surface area contributed by atoms with Crippen LogP contribution >= 0.6 is 0 Å². The molecule has 21 heavy (non-hydrogen) atoms. The van der Waals surface area contributed by atoms with Gasteiger partial charge in [-0.05, 0) is 51.5 Å². The first-order chi connectivity index (χ1) is 9.83. The second-order valence-corrected chi connectivity index (χ2v) is 5.89. The van der Waals surface area contributed by atoms with Crippen LogP contribution in [0, 0.1) is 0 Å². The number of carbonyl (C=O) groups is 1. The summed E-state index contributed by atoms with van der Waals surface area (Å²) in [6.07, 6.45) is 8.52. The fraction of sp³-hybridized carbons (Fsp3) is 0.471. The van der Waals surface area contributed by atoms with Crippen molar-refractivity contribution in [1.82, 2.24) is 9.88 Å². The molecular weight excluding hydrogens is 264 g/mol. The minimum absolute atomic E-state index is 0.367. The standard InChI is InChI=1S/C17H26N2O2/c1-6-7-9-15-14(2)10-13-19(15)12-8-11-18-16(20)21-17(3,4)5/h6-7,9-10,13H,2,8,11-12H2,1,3-5H3,(H,18,20)/b7-6-,15-9+. The third kappa shape index (κ3) is 6.34. The van der Waals surface area contributed by atoms with E-state index in [2.05, 4.69) is 16.5 Å². The number of nitrogens with zero attached hydrogens (tertiary/aromatic N) is 1. The maximum atomic E-state index is 11.5.